The number of amides is 1. The van der Waals surface area contributed by atoms with E-state index in [9.17, 15) is 14.9 Å². The lowest BCUT2D eigenvalue weighted by atomic mass is 10.1. The molecular formula is C27H23ClN2O5. The molecule has 7 nitrogen and oxygen atoms in total. The Bertz CT molecular complexity index is 1280. The number of benzene rings is 3. The quantitative estimate of drug-likeness (QED) is 0.192. The summed E-state index contributed by atoms with van der Waals surface area (Å²) in [6.07, 6.45) is 1.44. The largest absolute Gasteiger partial charge is 0.497 e. The van der Waals surface area contributed by atoms with Gasteiger partial charge in [-0.1, -0.05) is 41.9 Å². The Morgan fingerprint density at radius 3 is 2.46 bits per heavy atom. The molecule has 1 N–H and O–H groups in total. The minimum Gasteiger partial charge on any atom is -0.497 e. The molecule has 0 aliphatic heterocycles. The van der Waals surface area contributed by atoms with E-state index in [-0.39, 0.29) is 34.2 Å². The van der Waals surface area contributed by atoms with Gasteiger partial charge in [-0.15, -0.1) is 0 Å². The molecule has 0 bridgehead atoms. The number of ether oxygens (including phenoxy) is 3. The molecule has 0 saturated carbocycles. The molecule has 1 amide bonds. The maximum Gasteiger partial charge on any atom is 0.345 e. The van der Waals surface area contributed by atoms with Crippen molar-refractivity contribution in [2.75, 3.05) is 13.7 Å². The van der Waals surface area contributed by atoms with Gasteiger partial charge in [0.25, 0.3) is 5.91 Å². The van der Waals surface area contributed by atoms with Crippen LogP contribution >= 0.6 is 11.6 Å². The topological polar surface area (TPSA) is 97.7 Å². The maximum absolute atomic E-state index is 12.5. The summed E-state index contributed by atoms with van der Waals surface area (Å²) in [6.45, 7) is 2.36. The number of carbonyl (C=O) groups is 2. The summed E-state index contributed by atoms with van der Waals surface area (Å²) in [4.78, 5) is 25.1. The summed E-state index contributed by atoms with van der Waals surface area (Å²) in [6, 6.07) is 20.4. The Balaban J connectivity index is 1.75. The molecule has 0 aliphatic rings. The number of rotatable bonds is 9. The molecule has 0 unspecified atom stereocenters. The number of esters is 1. The van der Waals surface area contributed by atoms with Crippen molar-refractivity contribution in [2.45, 2.75) is 13.5 Å². The fourth-order valence-electron chi connectivity index (χ4n) is 3.08. The van der Waals surface area contributed by atoms with Gasteiger partial charge in [0.15, 0.2) is 11.5 Å². The standard InChI is InChI=1S/C27H23ClN2O5/c1-3-34-25-15-19(10-13-24(25)35-27(32)22-6-4-5-7-23(22)28)14-20(16-29)26(31)30-17-18-8-11-21(33-2)12-9-18/h4-15H,3,17H2,1-2H3,(H,30,31)/b20-14+. The van der Waals surface area contributed by atoms with Crippen molar-refractivity contribution in [3.05, 3.63) is 94.0 Å². The average molecular weight is 491 g/mol. The second-order valence-electron chi connectivity index (χ2n) is 7.21. The lowest BCUT2D eigenvalue weighted by molar-refractivity contribution is -0.117. The van der Waals surface area contributed by atoms with Gasteiger partial charge in [-0.2, -0.15) is 5.26 Å². The Morgan fingerprint density at radius 1 is 1.06 bits per heavy atom. The first-order valence-corrected chi connectivity index (χ1v) is 11.1. The van der Waals surface area contributed by atoms with E-state index < -0.39 is 11.9 Å². The van der Waals surface area contributed by atoms with Crippen molar-refractivity contribution in [2.24, 2.45) is 0 Å². The van der Waals surface area contributed by atoms with Crippen molar-refractivity contribution in [3.63, 3.8) is 0 Å². The Labute approximate surface area is 208 Å². The van der Waals surface area contributed by atoms with Crippen LogP contribution in [0.1, 0.15) is 28.4 Å². The summed E-state index contributed by atoms with van der Waals surface area (Å²) in [7, 11) is 1.58. The summed E-state index contributed by atoms with van der Waals surface area (Å²) in [5, 5.41) is 12.5. The van der Waals surface area contributed by atoms with Gasteiger partial charge in [-0.25, -0.2) is 4.79 Å². The van der Waals surface area contributed by atoms with E-state index in [0.29, 0.717) is 17.9 Å². The monoisotopic (exact) mass is 490 g/mol. The van der Waals surface area contributed by atoms with Gasteiger partial charge in [-0.05, 0) is 60.5 Å². The van der Waals surface area contributed by atoms with E-state index >= 15 is 0 Å². The van der Waals surface area contributed by atoms with E-state index in [1.54, 1.807) is 62.6 Å². The number of methoxy groups -OCH3 is 1. The highest BCUT2D eigenvalue weighted by atomic mass is 35.5. The first kappa shape index (κ1) is 25.3. The Kier molecular flexibility index (Phi) is 8.88. The molecule has 3 rings (SSSR count). The van der Waals surface area contributed by atoms with Crippen LogP contribution in [-0.4, -0.2) is 25.6 Å². The second kappa shape index (κ2) is 12.3. The lowest BCUT2D eigenvalue weighted by Crippen LogP contribution is -2.23. The highest BCUT2D eigenvalue weighted by Gasteiger charge is 2.16. The number of nitrogens with zero attached hydrogens (tertiary/aromatic N) is 1. The molecule has 0 saturated heterocycles. The number of carbonyl (C=O) groups excluding carboxylic acids is 2. The van der Waals surface area contributed by atoms with Crippen LogP contribution in [0.15, 0.2) is 72.3 Å². The van der Waals surface area contributed by atoms with Gasteiger partial charge >= 0.3 is 5.97 Å². The van der Waals surface area contributed by atoms with Crippen LogP contribution in [0.2, 0.25) is 5.02 Å². The van der Waals surface area contributed by atoms with Gasteiger partial charge < -0.3 is 19.5 Å². The van der Waals surface area contributed by atoms with Gasteiger partial charge in [0.1, 0.15) is 17.4 Å². The van der Waals surface area contributed by atoms with Gasteiger partial charge in [-0.3, -0.25) is 4.79 Å². The predicted octanol–water partition coefficient (Wildman–Crippen LogP) is 5.19. The third-order valence-electron chi connectivity index (χ3n) is 4.85. The third-order valence-corrected chi connectivity index (χ3v) is 5.18. The minimum atomic E-state index is -0.629. The number of hydrogen-bond donors (Lipinski definition) is 1. The second-order valence-corrected chi connectivity index (χ2v) is 7.62. The fraction of sp³-hybridized carbons (Fsp3) is 0.148. The van der Waals surface area contributed by atoms with Crippen LogP contribution in [-0.2, 0) is 11.3 Å². The average Bonchev–Trinajstić information content (AvgIpc) is 2.87. The van der Waals surface area contributed by atoms with Crippen molar-refractivity contribution >= 4 is 29.6 Å². The van der Waals surface area contributed by atoms with Crippen LogP contribution in [0.5, 0.6) is 17.2 Å². The van der Waals surface area contributed by atoms with Crippen LogP contribution in [0.3, 0.4) is 0 Å². The van der Waals surface area contributed by atoms with Crippen LogP contribution in [0.25, 0.3) is 6.08 Å². The number of halogens is 1. The summed E-state index contributed by atoms with van der Waals surface area (Å²) in [5.41, 5.74) is 1.53. The Hall–Kier alpha value is -4.28. The number of hydrogen-bond acceptors (Lipinski definition) is 6. The molecular weight excluding hydrogens is 468 g/mol. The number of nitriles is 1. The molecule has 0 radical (unpaired) electrons. The highest BCUT2D eigenvalue weighted by Crippen LogP contribution is 2.31. The van der Waals surface area contributed by atoms with Crippen LogP contribution in [0, 0.1) is 11.3 Å². The molecule has 3 aromatic carbocycles. The number of nitrogens with one attached hydrogen (secondary N) is 1. The lowest BCUT2D eigenvalue weighted by Gasteiger charge is -2.12. The zero-order valence-electron chi connectivity index (χ0n) is 19.2. The van der Waals surface area contributed by atoms with E-state index in [4.69, 9.17) is 25.8 Å². The smallest absolute Gasteiger partial charge is 0.345 e. The highest BCUT2D eigenvalue weighted by molar-refractivity contribution is 6.33. The first-order valence-electron chi connectivity index (χ1n) is 10.7. The Morgan fingerprint density at radius 2 is 1.80 bits per heavy atom. The molecule has 0 atom stereocenters. The van der Waals surface area contributed by atoms with E-state index in [1.165, 1.54) is 12.1 Å². The van der Waals surface area contributed by atoms with Crippen molar-refractivity contribution in [1.29, 1.82) is 5.26 Å². The van der Waals surface area contributed by atoms with Crippen LogP contribution in [0.4, 0.5) is 0 Å². The van der Waals surface area contributed by atoms with Crippen LogP contribution < -0.4 is 19.5 Å². The van der Waals surface area contributed by atoms with Gasteiger partial charge in [0.2, 0.25) is 0 Å². The first-order chi connectivity index (χ1) is 16.9. The zero-order valence-corrected chi connectivity index (χ0v) is 20.0. The maximum atomic E-state index is 12.5. The molecule has 0 heterocycles. The van der Waals surface area contributed by atoms with E-state index in [0.717, 1.165) is 5.56 Å². The fourth-order valence-corrected chi connectivity index (χ4v) is 3.30. The van der Waals surface area contributed by atoms with E-state index in [1.807, 2.05) is 18.2 Å². The third kappa shape index (κ3) is 6.85. The summed E-state index contributed by atoms with van der Waals surface area (Å²) >= 11 is 6.08. The summed E-state index contributed by atoms with van der Waals surface area (Å²) in [5.74, 6) is 0.0451. The van der Waals surface area contributed by atoms with E-state index in [2.05, 4.69) is 5.32 Å². The molecule has 35 heavy (non-hydrogen) atoms. The van der Waals surface area contributed by atoms with Gasteiger partial charge in [0, 0.05) is 6.54 Å². The molecule has 8 heteroatoms. The molecule has 0 aromatic heterocycles. The zero-order chi connectivity index (χ0) is 25.2. The molecule has 3 aromatic rings. The van der Waals surface area contributed by atoms with Crippen molar-refractivity contribution in [3.8, 4) is 23.3 Å². The van der Waals surface area contributed by atoms with Crippen molar-refractivity contribution < 1.29 is 23.8 Å². The molecule has 178 valence electrons. The normalized spacial score (nSPS) is 10.7. The molecule has 0 spiro atoms. The SMILES string of the molecule is CCOc1cc(/C=C(\C#N)C(=O)NCc2ccc(OC)cc2)ccc1OC(=O)c1ccccc1Cl. The summed E-state index contributed by atoms with van der Waals surface area (Å²) < 4.78 is 16.2. The minimum absolute atomic E-state index is 0.0817. The predicted molar refractivity (Wildman–Crippen MR) is 132 cm³/mol. The van der Waals surface area contributed by atoms with Gasteiger partial charge in [0.05, 0.1) is 24.3 Å². The molecule has 0 aliphatic carbocycles. The van der Waals surface area contributed by atoms with Crippen molar-refractivity contribution in [1.82, 2.24) is 5.32 Å². The molecule has 0 fully saturated rings.